The molecule has 0 unspecified atom stereocenters. The second-order valence-electron chi connectivity index (χ2n) is 4.61. The number of hydrogen-bond acceptors (Lipinski definition) is 3. The lowest BCUT2D eigenvalue weighted by molar-refractivity contribution is -0.116. The van der Waals surface area contributed by atoms with Gasteiger partial charge in [0.2, 0.25) is 5.91 Å². The van der Waals surface area contributed by atoms with Gasteiger partial charge in [0.15, 0.2) is 0 Å². The number of nitrogens with one attached hydrogen (secondary N) is 1. The molecule has 0 bridgehead atoms. The van der Waals surface area contributed by atoms with Crippen molar-refractivity contribution in [3.63, 3.8) is 0 Å². The van der Waals surface area contributed by atoms with Crippen LogP contribution in [0.5, 0.6) is 5.75 Å². The van der Waals surface area contributed by atoms with E-state index in [1.54, 1.807) is 7.11 Å². The predicted octanol–water partition coefficient (Wildman–Crippen LogP) is 2.71. The summed E-state index contributed by atoms with van der Waals surface area (Å²) in [7, 11) is 5.60. The van der Waals surface area contributed by atoms with E-state index in [-0.39, 0.29) is 5.91 Å². The number of anilines is 1. The Morgan fingerprint density at radius 3 is 2.74 bits per heavy atom. The Balaban J connectivity index is 2.80. The van der Waals surface area contributed by atoms with Gasteiger partial charge in [0.25, 0.3) is 0 Å². The molecule has 0 aromatic heterocycles. The number of methoxy groups -OCH3 is 1. The average Bonchev–Trinajstić information content (AvgIpc) is 2.36. The van der Waals surface area contributed by atoms with Crippen LogP contribution < -0.4 is 10.1 Å². The van der Waals surface area contributed by atoms with Gasteiger partial charge in [0.1, 0.15) is 5.75 Å². The monoisotopic (exact) mass is 284 g/mol. The van der Waals surface area contributed by atoms with Crippen molar-refractivity contribution in [2.24, 2.45) is 0 Å². The molecule has 0 saturated heterocycles. The molecule has 0 radical (unpaired) electrons. The van der Waals surface area contributed by atoms with Gasteiger partial charge in [-0.2, -0.15) is 0 Å². The van der Waals surface area contributed by atoms with E-state index in [0.717, 1.165) is 12.1 Å². The van der Waals surface area contributed by atoms with E-state index in [1.165, 1.54) is 0 Å². The van der Waals surface area contributed by atoms with Crippen molar-refractivity contribution in [1.29, 1.82) is 0 Å². The van der Waals surface area contributed by atoms with Crippen molar-refractivity contribution in [2.45, 2.75) is 19.4 Å². The Hall–Kier alpha value is -1.26. The van der Waals surface area contributed by atoms with Crippen LogP contribution in [0.2, 0.25) is 0 Å². The number of alkyl halides is 1. The van der Waals surface area contributed by atoms with Crippen molar-refractivity contribution < 1.29 is 9.53 Å². The molecular weight excluding hydrogens is 264 g/mol. The lowest BCUT2D eigenvalue weighted by atomic mass is 10.1. The molecule has 1 rings (SSSR count). The number of rotatable bonds is 7. The van der Waals surface area contributed by atoms with Gasteiger partial charge in [-0.05, 0) is 38.2 Å². The molecular formula is C14H21ClN2O2. The molecule has 1 amide bonds. The second kappa shape index (κ2) is 8.02. The van der Waals surface area contributed by atoms with Crippen molar-refractivity contribution >= 4 is 23.2 Å². The number of ether oxygens (including phenoxy) is 1. The number of hydrogen-bond donors (Lipinski definition) is 1. The molecule has 19 heavy (non-hydrogen) atoms. The molecule has 0 aliphatic heterocycles. The molecule has 0 heterocycles. The van der Waals surface area contributed by atoms with Crippen LogP contribution in [0, 0.1) is 0 Å². The third kappa shape index (κ3) is 5.49. The summed E-state index contributed by atoms with van der Waals surface area (Å²) in [5.41, 5.74) is 1.83. The molecule has 1 N–H and O–H groups in total. The second-order valence-corrected chi connectivity index (χ2v) is 4.99. The van der Waals surface area contributed by atoms with E-state index < -0.39 is 0 Å². The smallest absolute Gasteiger partial charge is 0.224 e. The maximum atomic E-state index is 11.7. The number of carbonyl (C=O) groups excluding carboxylic acids is 1. The van der Waals surface area contributed by atoms with Crippen LogP contribution in [-0.2, 0) is 11.3 Å². The summed E-state index contributed by atoms with van der Waals surface area (Å²) in [5.74, 6) is 1.12. The van der Waals surface area contributed by atoms with Crippen molar-refractivity contribution in [2.75, 3.05) is 32.4 Å². The molecule has 0 atom stereocenters. The fourth-order valence-electron chi connectivity index (χ4n) is 1.76. The van der Waals surface area contributed by atoms with E-state index >= 15 is 0 Å². The van der Waals surface area contributed by atoms with Crippen LogP contribution in [0.3, 0.4) is 0 Å². The molecule has 106 valence electrons. The lowest BCUT2D eigenvalue weighted by Crippen LogP contribution is -2.14. The van der Waals surface area contributed by atoms with Gasteiger partial charge >= 0.3 is 0 Å². The zero-order chi connectivity index (χ0) is 14.3. The summed E-state index contributed by atoms with van der Waals surface area (Å²) in [4.78, 5) is 13.8. The molecule has 0 spiro atoms. The van der Waals surface area contributed by atoms with E-state index in [2.05, 4.69) is 10.2 Å². The molecule has 0 aliphatic rings. The maximum absolute atomic E-state index is 11.7. The van der Waals surface area contributed by atoms with E-state index in [0.29, 0.717) is 30.2 Å². The Morgan fingerprint density at radius 1 is 1.42 bits per heavy atom. The first-order chi connectivity index (χ1) is 9.06. The Kier molecular flexibility index (Phi) is 6.67. The van der Waals surface area contributed by atoms with Gasteiger partial charge in [-0.3, -0.25) is 4.79 Å². The number of carbonyl (C=O) groups is 1. The van der Waals surface area contributed by atoms with Gasteiger partial charge < -0.3 is 15.0 Å². The third-order valence-corrected chi connectivity index (χ3v) is 2.84. The van der Waals surface area contributed by atoms with Crippen molar-refractivity contribution in [3.05, 3.63) is 23.8 Å². The van der Waals surface area contributed by atoms with Crippen LogP contribution in [0.1, 0.15) is 18.4 Å². The average molecular weight is 285 g/mol. The summed E-state index contributed by atoms with van der Waals surface area (Å²) in [6.45, 7) is 0.814. The predicted molar refractivity (Wildman–Crippen MR) is 79.0 cm³/mol. The fraction of sp³-hybridized carbons (Fsp3) is 0.500. The minimum absolute atomic E-state index is 0.0408. The summed E-state index contributed by atoms with van der Waals surface area (Å²) >= 11 is 5.58. The van der Waals surface area contributed by atoms with Gasteiger partial charge in [-0.25, -0.2) is 0 Å². The lowest BCUT2D eigenvalue weighted by Gasteiger charge is -2.14. The van der Waals surface area contributed by atoms with Crippen molar-refractivity contribution in [1.82, 2.24) is 4.90 Å². The first kappa shape index (κ1) is 15.8. The Morgan fingerprint density at radius 2 is 2.16 bits per heavy atom. The first-order valence-electron chi connectivity index (χ1n) is 6.24. The highest BCUT2D eigenvalue weighted by Crippen LogP contribution is 2.26. The fourth-order valence-corrected chi connectivity index (χ4v) is 1.89. The highest BCUT2D eigenvalue weighted by atomic mass is 35.5. The van der Waals surface area contributed by atoms with Gasteiger partial charge in [0.05, 0.1) is 12.8 Å². The molecule has 0 fully saturated rings. The molecule has 4 nitrogen and oxygen atoms in total. The van der Waals surface area contributed by atoms with E-state index in [9.17, 15) is 4.79 Å². The van der Waals surface area contributed by atoms with Crippen LogP contribution >= 0.6 is 11.6 Å². The molecule has 1 aromatic carbocycles. The standard InChI is InChI=1S/C14H21ClN2O2/c1-17(2)10-11-6-7-13(19-3)12(9-11)16-14(18)5-4-8-15/h6-7,9H,4-5,8,10H2,1-3H3,(H,16,18). The normalized spacial score (nSPS) is 10.6. The van der Waals surface area contributed by atoms with Crippen LogP contribution in [0.4, 0.5) is 5.69 Å². The number of nitrogens with zero attached hydrogens (tertiary/aromatic N) is 1. The highest BCUT2D eigenvalue weighted by molar-refractivity contribution is 6.18. The van der Waals surface area contributed by atoms with Crippen LogP contribution in [-0.4, -0.2) is 37.9 Å². The maximum Gasteiger partial charge on any atom is 0.224 e. The minimum Gasteiger partial charge on any atom is -0.495 e. The summed E-state index contributed by atoms with van der Waals surface area (Å²) in [6, 6.07) is 5.81. The van der Waals surface area contributed by atoms with E-state index in [4.69, 9.17) is 16.3 Å². The zero-order valence-electron chi connectivity index (χ0n) is 11.7. The molecule has 5 heteroatoms. The first-order valence-corrected chi connectivity index (χ1v) is 6.77. The highest BCUT2D eigenvalue weighted by Gasteiger charge is 2.08. The SMILES string of the molecule is COc1ccc(CN(C)C)cc1NC(=O)CCCCl. The van der Waals surface area contributed by atoms with Crippen LogP contribution in [0.25, 0.3) is 0 Å². The number of amides is 1. The minimum atomic E-state index is -0.0408. The molecule has 0 aliphatic carbocycles. The van der Waals surface area contributed by atoms with Crippen molar-refractivity contribution in [3.8, 4) is 5.75 Å². The Labute approximate surface area is 119 Å². The van der Waals surface area contributed by atoms with Gasteiger partial charge in [-0.1, -0.05) is 6.07 Å². The molecule has 1 aromatic rings. The molecule has 0 saturated carbocycles. The topological polar surface area (TPSA) is 41.6 Å². The summed E-state index contributed by atoms with van der Waals surface area (Å²) in [6.07, 6.45) is 1.09. The zero-order valence-corrected chi connectivity index (χ0v) is 12.5. The Bertz CT molecular complexity index is 422. The largest absolute Gasteiger partial charge is 0.495 e. The summed E-state index contributed by atoms with van der Waals surface area (Å²) in [5, 5.41) is 2.87. The van der Waals surface area contributed by atoms with Gasteiger partial charge in [0, 0.05) is 18.8 Å². The van der Waals surface area contributed by atoms with E-state index in [1.807, 2.05) is 32.3 Å². The third-order valence-electron chi connectivity index (χ3n) is 2.57. The number of halogens is 1. The number of benzene rings is 1. The quantitative estimate of drug-likeness (QED) is 0.783. The van der Waals surface area contributed by atoms with Crippen LogP contribution in [0.15, 0.2) is 18.2 Å². The summed E-state index contributed by atoms with van der Waals surface area (Å²) < 4.78 is 5.26. The van der Waals surface area contributed by atoms with Gasteiger partial charge in [-0.15, -0.1) is 11.6 Å².